The van der Waals surface area contributed by atoms with Crippen LogP contribution in [0.25, 0.3) is 0 Å². The second-order valence-corrected chi connectivity index (χ2v) is 7.07. The van der Waals surface area contributed by atoms with Crippen LogP contribution in [-0.2, 0) is 10.0 Å². The summed E-state index contributed by atoms with van der Waals surface area (Å²) in [4.78, 5) is -0.704. The van der Waals surface area contributed by atoms with E-state index in [-0.39, 0.29) is 19.0 Å². The van der Waals surface area contributed by atoms with Crippen LogP contribution in [0.4, 0.5) is 13.2 Å². The maximum atomic E-state index is 13.6. The van der Waals surface area contributed by atoms with Gasteiger partial charge in [-0.05, 0) is 48.9 Å². The van der Waals surface area contributed by atoms with Gasteiger partial charge in [0.1, 0.15) is 28.1 Å². The molecule has 0 amide bonds. The number of nitrogens with zero attached hydrogens (tertiary/aromatic N) is 1. The van der Waals surface area contributed by atoms with Crippen LogP contribution in [-0.4, -0.2) is 32.9 Å². The zero-order valence-electron chi connectivity index (χ0n) is 12.9. The summed E-state index contributed by atoms with van der Waals surface area (Å²) in [6.45, 7) is 0.247. The fourth-order valence-electron chi connectivity index (χ4n) is 1.97. The Kier molecular flexibility index (Phi) is 5.84. The molecule has 0 aliphatic heterocycles. The lowest BCUT2D eigenvalue weighted by atomic mass is 10.3. The number of hydrogen-bond acceptors (Lipinski definition) is 3. The molecular formula is C16H16F3NO3S. The van der Waals surface area contributed by atoms with E-state index in [2.05, 4.69) is 0 Å². The molecule has 0 spiro atoms. The van der Waals surface area contributed by atoms with Gasteiger partial charge in [0.15, 0.2) is 0 Å². The number of benzene rings is 2. The third-order valence-corrected chi connectivity index (χ3v) is 5.15. The summed E-state index contributed by atoms with van der Waals surface area (Å²) in [6.07, 6.45) is 0.323. The van der Waals surface area contributed by atoms with E-state index in [0.29, 0.717) is 18.2 Å². The molecule has 0 aliphatic rings. The molecule has 2 aromatic carbocycles. The highest BCUT2D eigenvalue weighted by molar-refractivity contribution is 7.89. The zero-order chi connectivity index (χ0) is 17.7. The quantitative estimate of drug-likeness (QED) is 0.714. The van der Waals surface area contributed by atoms with Gasteiger partial charge in [-0.2, -0.15) is 0 Å². The number of hydrogen-bond donors (Lipinski definition) is 0. The SMILES string of the molecule is CN(CCCOc1ccc(F)cc1)S(=O)(=O)c1cc(F)ccc1F. The van der Waals surface area contributed by atoms with E-state index >= 15 is 0 Å². The van der Waals surface area contributed by atoms with Crippen LogP contribution in [0.5, 0.6) is 5.75 Å². The van der Waals surface area contributed by atoms with Crippen LogP contribution in [0.2, 0.25) is 0 Å². The summed E-state index contributed by atoms with van der Waals surface area (Å²) >= 11 is 0. The Morgan fingerprint density at radius 1 is 1.00 bits per heavy atom. The van der Waals surface area contributed by atoms with Crippen LogP contribution in [0.15, 0.2) is 47.4 Å². The van der Waals surface area contributed by atoms with Crippen molar-refractivity contribution in [3.05, 3.63) is 59.9 Å². The molecule has 0 aromatic heterocycles. The van der Waals surface area contributed by atoms with Crippen molar-refractivity contribution in [2.24, 2.45) is 0 Å². The van der Waals surface area contributed by atoms with Gasteiger partial charge in [-0.25, -0.2) is 25.9 Å². The van der Waals surface area contributed by atoms with Crippen molar-refractivity contribution in [1.29, 1.82) is 0 Å². The topological polar surface area (TPSA) is 46.6 Å². The number of rotatable bonds is 7. The second kappa shape index (κ2) is 7.67. The zero-order valence-corrected chi connectivity index (χ0v) is 13.7. The summed E-state index contributed by atoms with van der Waals surface area (Å²) in [7, 11) is -2.85. The molecule has 2 rings (SSSR count). The summed E-state index contributed by atoms with van der Waals surface area (Å²) in [6, 6.07) is 7.68. The molecule has 2 aromatic rings. The fraction of sp³-hybridized carbons (Fsp3) is 0.250. The van der Waals surface area contributed by atoms with Gasteiger partial charge in [0, 0.05) is 13.6 Å². The molecular weight excluding hydrogens is 343 g/mol. The van der Waals surface area contributed by atoms with Gasteiger partial charge >= 0.3 is 0 Å². The molecule has 24 heavy (non-hydrogen) atoms. The Morgan fingerprint density at radius 2 is 1.62 bits per heavy atom. The average molecular weight is 359 g/mol. The van der Waals surface area contributed by atoms with E-state index in [1.54, 1.807) is 0 Å². The van der Waals surface area contributed by atoms with Crippen molar-refractivity contribution < 1.29 is 26.3 Å². The minimum Gasteiger partial charge on any atom is -0.494 e. The lowest BCUT2D eigenvalue weighted by Crippen LogP contribution is -2.29. The summed E-state index contributed by atoms with van der Waals surface area (Å²) in [5.74, 6) is -1.77. The summed E-state index contributed by atoms with van der Waals surface area (Å²) in [5.41, 5.74) is 0. The van der Waals surface area contributed by atoms with E-state index in [1.807, 2.05) is 0 Å². The Balaban J connectivity index is 1.92. The van der Waals surface area contributed by atoms with Crippen LogP contribution in [0, 0.1) is 17.5 Å². The van der Waals surface area contributed by atoms with Gasteiger partial charge in [0.2, 0.25) is 10.0 Å². The first-order valence-electron chi connectivity index (χ1n) is 7.10. The molecule has 4 nitrogen and oxygen atoms in total. The van der Waals surface area contributed by atoms with E-state index in [9.17, 15) is 21.6 Å². The largest absolute Gasteiger partial charge is 0.494 e. The van der Waals surface area contributed by atoms with Crippen molar-refractivity contribution in [3.8, 4) is 5.75 Å². The van der Waals surface area contributed by atoms with Gasteiger partial charge in [-0.15, -0.1) is 0 Å². The second-order valence-electron chi connectivity index (χ2n) is 5.06. The van der Waals surface area contributed by atoms with Gasteiger partial charge in [-0.3, -0.25) is 0 Å². The van der Waals surface area contributed by atoms with E-state index in [1.165, 1.54) is 31.3 Å². The standard InChI is InChI=1S/C16H16F3NO3S/c1-20(9-2-10-23-14-6-3-12(17)4-7-14)24(21,22)16-11-13(18)5-8-15(16)19/h3-8,11H,2,9-10H2,1H3. The summed E-state index contributed by atoms with van der Waals surface area (Å²) in [5, 5.41) is 0. The van der Waals surface area contributed by atoms with E-state index in [0.717, 1.165) is 16.4 Å². The minimum atomic E-state index is -4.13. The third-order valence-electron chi connectivity index (χ3n) is 3.28. The highest BCUT2D eigenvalue weighted by Crippen LogP contribution is 2.19. The predicted octanol–water partition coefficient (Wildman–Crippen LogP) is 3.19. The lowest BCUT2D eigenvalue weighted by Gasteiger charge is -2.17. The molecule has 0 fully saturated rings. The Bertz CT molecular complexity index is 795. The number of sulfonamides is 1. The molecule has 0 radical (unpaired) electrons. The van der Waals surface area contributed by atoms with Crippen molar-refractivity contribution in [3.63, 3.8) is 0 Å². The molecule has 0 saturated heterocycles. The highest BCUT2D eigenvalue weighted by atomic mass is 32.2. The summed E-state index contributed by atoms with van der Waals surface area (Å²) < 4.78 is 70.3. The van der Waals surface area contributed by atoms with Crippen LogP contribution in [0.3, 0.4) is 0 Å². The van der Waals surface area contributed by atoms with Crippen LogP contribution >= 0.6 is 0 Å². The monoisotopic (exact) mass is 359 g/mol. The Labute approximate surface area is 138 Å². The van der Waals surface area contributed by atoms with E-state index < -0.39 is 26.6 Å². The fourth-order valence-corrected chi connectivity index (χ4v) is 3.25. The first-order chi connectivity index (χ1) is 11.3. The lowest BCUT2D eigenvalue weighted by molar-refractivity contribution is 0.296. The van der Waals surface area contributed by atoms with E-state index in [4.69, 9.17) is 4.74 Å². The maximum Gasteiger partial charge on any atom is 0.245 e. The molecule has 0 N–H and O–H groups in total. The van der Waals surface area contributed by atoms with Gasteiger partial charge < -0.3 is 4.74 Å². The van der Waals surface area contributed by atoms with Crippen molar-refractivity contribution >= 4 is 10.0 Å². The molecule has 0 atom stereocenters. The first-order valence-corrected chi connectivity index (χ1v) is 8.54. The smallest absolute Gasteiger partial charge is 0.245 e. The van der Waals surface area contributed by atoms with Crippen LogP contribution in [0.1, 0.15) is 6.42 Å². The predicted molar refractivity (Wildman–Crippen MR) is 82.7 cm³/mol. The van der Waals surface area contributed by atoms with Gasteiger partial charge in [0.05, 0.1) is 6.61 Å². The van der Waals surface area contributed by atoms with Crippen molar-refractivity contribution in [1.82, 2.24) is 4.31 Å². The molecule has 0 heterocycles. The van der Waals surface area contributed by atoms with Gasteiger partial charge in [-0.1, -0.05) is 0 Å². The third kappa shape index (κ3) is 4.48. The highest BCUT2D eigenvalue weighted by Gasteiger charge is 2.24. The Hall–Kier alpha value is -2.06. The van der Waals surface area contributed by atoms with Crippen molar-refractivity contribution in [2.75, 3.05) is 20.2 Å². The molecule has 0 bridgehead atoms. The van der Waals surface area contributed by atoms with Crippen LogP contribution < -0.4 is 4.74 Å². The number of ether oxygens (including phenoxy) is 1. The molecule has 0 aliphatic carbocycles. The van der Waals surface area contributed by atoms with Crippen molar-refractivity contribution in [2.45, 2.75) is 11.3 Å². The van der Waals surface area contributed by atoms with Gasteiger partial charge in [0.25, 0.3) is 0 Å². The molecule has 8 heteroatoms. The Morgan fingerprint density at radius 3 is 2.29 bits per heavy atom. The average Bonchev–Trinajstić information content (AvgIpc) is 2.55. The number of halogens is 3. The normalized spacial score (nSPS) is 11.7. The maximum absolute atomic E-state index is 13.6. The molecule has 0 saturated carbocycles. The first kappa shape index (κ1) is 18.3. The molecule has 0 unspecified atom stereocenters. The minimum absolute atomic E-state index is 0.0550. The molecule has 130 valence electrons.